The highest BCUT2D eigenvalue weighted by molar-refractivity contribution is 5.79. The zero-order chi connectivity index (χ0) is 7.98. The van der Waals surface area contributed by atoms with Crippen LogP contribution in [-0.4, -0.2) is 30.2 Å². The molecule has 0 bridgehead atoms. The van der Waals surface area contributed by atoms with E-state index in [0.717, 1.165) is 6.42 Å². The summed E-state index contributed by atoms with van der Waals surface area (Å²) in [6.45, 7) is 2.53. The van der Waals surface area contributed by atoms with Crippen LogP contribution in [0.3, 0.4) is 0 Å². The molecule has 0 spiro atoms. The van der Waals surface area contributed by atoms with Crippen LogP contribution in [0.4, 0.5) is 0 Å². The predicted molar refractivity (Wildman–Crippen MR) is 38.4 cm³/mol. The minimum atomic E-state index is -0.919. The molecule has 0 fully saturated rings. The van der Waals surface area contributed by atoms with Crippen LogP contribution >= 0.6 is 0 Å². The van der Waals surface area contributed by atoms with Gasteiger partial charge >= 0.3 is 0 Å². The van der Waals surface area contributed by atoms with Crippen molar-refractivity contribution in [3.8, 4) is 0 Å². The monoisotopic (exact) mass is 146 g/mol. The molecule has 0 aromatic heterocycles. The summed E-state index contributed by atoms with van der Waals surface area (Å²) in [5.74, 6) is -0.339. The Kier molecular flexibility index (Phi) is 4.88. The Labute approximate surface area is 60.4 Å². The number of aliphatic hydroxyl groups excluding tert-OH is 1. The maximum Gasteiger partial charge on any atom is 0.248 e. The van der Waals surface area contributed by atoms with Gasteiger partial charge in [-0.25, -0.2) is 0 Å². The minimum absolute atomic E-state index is 0.339. The lowest BCUT2D eigenvalue weighted by Crippen LogP contribution is -2.33. The number of nitrogens with one attached hydrogen (secondary N) is 1. The molecule has 0 rings (SSSR count). The Morgan fingerprint density at radius 1 is 1.80 bits per heavy atom. The summed E-state index contributed by atoms with van der Waals surface area (Å²) in [5.41, 5.74) is 5.18. The molecule has 0 saturated carbocycles. The number of carbonyl (C=O) groups excluding carboxylic acids is 1. The Bertz CT molecular complexity index is 104. The second kappa shape index (κ2) is 5.20. The van der Waals surface area contributed by atoms with Gasteiger partial charge in [-0.15, -0.1) is 0 Å². The standard InChI is InChI=1S/C6H14N2O2/c1-5(9)6(10)8-4-2-3-7/h5,9H,2-4,7H2,1H3,(H,8,10)/t5-/m1/s1. The van der Waals surface area contributed by atoms with E-state index < -0.39 is 6.10 Å². The molecule has 10 heavy (non-hydrogen) atoms. The zero-order valence-corrected chi connectivity index (χ0v) is 6.13. The summed E-state index contributed by atoms with van der Waals surface area (Å²) < 4.78 is 0. The summed E-state index contributed by atoms with van der Waals surface area (Å²) >= 11 is 0. The van der Waals surface area contributed by atoms with Crippen molar-refractivity contribution >= 4 is 5.91 Å². The van der Waals surface area contributed by atoms with Crippen molar-refractivity contribution in [1.82, 2.24) is 5.32 Å². The van der Waals surface area contributed by atoms with E-state index in [9.17, 15) is 4.79 Å². The molecule has 4 nitrogen and oxygen atoms in total. The molecule has 1 amide bonds. The van der Waals surface area contributed by atoms with Crippen molar-refractivity contribution in [3.63, 3.8) is 0 Å². The van der Waals surface area contributed by atoms with Gasteiger partial charge in [-0.2, -0.15) is 0 Å². The van der Waals surface area contributed by atoms with Crippen LogP contribution in [0, 0.1) is 0 Å². The van der Waals surface area contributed by atoms with Crippen LogP contribution in [0.2, 0.25) is 0 Å². The maximum absolute atomic E-state index is 10.6. The molecule has 60 valence electrons. The largest absolute Gasteiger partial charge is 0.384 e. The first-order valence-electron chi connectivity index (χ1n) is 3.34. The molecule has 0 aliphatic carbocycles. The molecule has 0 aliphatic rings. The predicted octanol–water partition coefficient (Wildman–Crippen LogP) is -1.17. The van der Waals surface area contributed by atoms with Crippen LogP contribution in [0.15, 0.2) is 0 Å². The highest BCUT2D eigenvalue weighted by Gasteiger charge is 2.05. The minimum Gasteiger partial charge on any atom is -0.384 e. The van der Waals surface area contributed by atoms with Gasteiger partial charge in [-0.1, -0.05) is 0 Å². The lowest BCUT2D eigenvalue weighted by molar-refractivity contribution is -0.128. The number of rotatable bonds is 4. The molecular weight excluding hydrogens is 132 g/mol. The lowest BCUT2D eigenvalue weighted by Gasteiger charge is -2.04. The van der Waals surface area contributed by atoms with Crippen molar-refractivity contribution in [2.75, 3.05) is 13.1 Å². The number of aliphatic hydroxyl groups is 1. The van der Waals surface area contributed by atoms with Gasteiger partial charge in [0.05, 0.1) is 0 Å². The van der Waals surface area contributed by atoms with Gasteiger partial charge in [0, 0.05) is 6.54 Å². The fourth-order valence-electron chi connectivity index (χ4n) is 0.461. The number of hydrogen-bond donors (Lipinski definition) is 3. The molecule has 0 aromatic carbocycles. The summed E-state index contributed by atoms with van der Waals surface area (Å²) in [4.78, 5) is 10.6. The summed E-state index contributed by atoms with van der Waals surface area (Å²) in [5, 5.41) is 11.2. The van der Waals surface area contributed by atoms with Crippen molar-refractivity contribution in [2.24, 2.45) is 5.73 Å². The van der Waals surface area contributed by atoms with E-state index >= 15 is 0 Å². The summed E-state index contributed by atoms with van der Waals surface area (Å²) in [6.07, 6.45) is -0.170. The normalized spacial score (nSPS) is 12.7. The van der Waals surface area contributed by atoms with E-state index in [1.165, 1.54) is 6.92 Å². The first kappa shape index (κ1) is 9.39. The summed E-state index contributed by atoms with van der Waals surface area (Å²) in [6, 6.07) is 0. The van der Waals surface area contributed by atoms with E-state index in [4.69, 9.17) is 10.8 Å². The van der Waals surface area contributed by atoms with E-state index in [1.807, 2.05) is 0 Å². The molecule has 0 radical (unpaired) electrons. The Morgan fingerprint density at radius 2 is 2.40 bits per heavy atom. The number of carbonyl (C=O) groups is 1. The molecule has 0 aromatic rings. The highest BCUT2D eigenvalue weighted by Crippen LogP contribution is 1.78. The Morgan fingerprint density at radius 3 is 2.80 bits per heavy atom. The van der Waals surface area contributed by atoms with Crippen LogP contribution in [0.1, 0.15) is 13.3 Å². The number of hydrogen-bond acceptors (Lipinski definition) is 3. The van der Waals surface area contributed by atoms with E-state index in [1.54, 1.807) is 0 Å². The van der Waals surface area contributed by atoms with Crippen molar-refractivity contribution < 1.29 is 9.90 Å². The molecule has 4 heteroatoms. The topological polar surface area (TPSA) is 75.3 Å². The van der Waals surface area contributed by atoms with Crippen molar-refractivity contribution in [2.45, 2.75) is 19.4 Å². The van der Waals surface area contributed by atoms with Gasteiger partial charge in [0.15, 0.2) is 0 Å². The lowest BCUT2D eigenvalue weighted by atomic mass is 10.3. The molecular formula is C6H14N2O2. The zero-order valence-electron chi connectivity index (χ0n) is 6.13. The number of nitrogens with two attached hydrogens (primary N) is 1. The van der Waals surface area contributed by atoms with Gasteiger partial charge in [0.25, 0.3) is 0 Å². The van der Waals surface area contributed by atoms with E-state index in [0.29, 0.717) is 13.1 Å². The first-order valence-corrected chi connectivity index (χ1v) is 3.34. The van der Waals surface area contributed by atoms with Gasteiger partial charge in [-0.05, 0) is 19.9 Å². The van der Waals surface area contributed by atoms with Crippen molar-refractivity contribution in [3.05, 3.63) is 0 Å². The van der Waals surface area contributed by atoms with Crippen molar-refractivity contribution in [1.29, 1.82) is 0 Å². The molecule has 4 N–H and O–H groups in total. The van der Waals surface area contributed by atoms with Gasteiger partial charge in [0.2, 0.25) is 5.91 Å². The fraction of sp³-hybridized carbons (Fsp3) is 0.833. The SMILES string of the molecule is C[C@@H](O)C(=O)NCCCN. The van der Waals surface area contributed by atoms with Gasteiger partial charge in [-0.3, -0.25) is 4.79 Å². The third kappa shape index (κ3) is 4.29. The Balaban J connectivity index is 3.22. The molecule has 1 atom stereocenters. The second-order valence-electron chi connectivity index (χ2n) is 2.11. The Hall–Kier alpha value is -0.610. The summed E-state index contributed by atoms with van der Waals surface area (Å²) in [7, 11) is 0. The van der Waals surface area contributed by atoms with Gasteiger partial charge < -0.3 is 16.2 Å². The third-order valence-corrected chi connectivity index (χ3v) is 1.06. The molecule has 0 unspecified atom stereocenters. The molecule has 0 saturated heterocycles. The molecule has 0 aliphatic heterocycles. The smallest absolute Gasteiger partial charge is 0.248 e. The van der Waals surface area contributed by atoms with Crippen LogP contribution < -0.4 is 11.1 Å². The highest BCUT2D eigenvalue weighted by atomic mass is 16.3. The van der Waals surface area contributed by atoms with Gasteiger partial charge in [0.1, 0.15) is 6.10 Å². The van der Waals surface area contributed by atoms with Crippen LogP contribution in [-0.2, 0) is 4.79 Å². The second-order valence-corrected chi connectivity index (χ2v) is 2.11. The maximum atomic E-state index is 10.6. The quantitative estimate of drug-likeness (QED) is 0.437. The van der Waals surface area contributed by atoms with E-state index in [-0.39, 0.29) is 5.91 Å². The molecule has 0 heterocycles. The van der Waals surface area contributed by atoms with Crippen LogP contribution in [0.25, 0.3) is 0 Å². The first-order chi connectivity index (χ1) is 4.68. The third-order valence-electron chi connectivity index (χ3n) is 1.06. The van der Waals surface area contributed by atoms with E-state index in [2.05, 4.69) is 5.32 Å². The average Bonchev–Trinajstić information content (AvgIpc) is 1.88. The average molecular weight is 146 g/mol. The number of amides is 1. The van der Waals surface area contributed by atoms with Crippen LogP contribution in [0.5, 0.6) is 0 Å². The fourth-order valence-corrected chi connectivity index (χ4v) is 0.461.